The number of carbonyl (C=O) groups excluding carboxylic acids is 1. The van der Waals surface area contributed by atoms with Crippen LogP contribution in [-0.2, 0) is 11.3 Å². The number of carbonyl (C=O) groups is 1. The van der Waals surface area contributed by atoms with Crippen LogP contribution in [0.2, 0.25) is 0 Å². The minimum atomic E-state index is -0.790. The van der Waals surface area contributed by atoms with Crippen LogP contribution < -0.4 is 4.74 Å². The van der Waals surface area contributed by atoms with Gasteiger partial charge < -0.3 is 14.2 Å². The fourth-order valence-corrected chi connectivity index (χ4v) is 3.19. The lowest BCUT2D eigenvalue weighted by Gasteiger charge is -2.25. The van der Waals surface area contributed by atoms with Gasteiger partial charge in [-0.1, -0.05) is 30.3 Å². The van der Waals surface area contributed by atoms with Crippen LogP contribution in [0.15, 0.2) is 46.3 Å². The third kappa shape index (κ3) is 4.51. The highest BCUT2D eigenvalue weighted by Gasteiger charge is 2.26. The smallest absolute Gasteiger partial charge is 0.264 e. The Labute approximate surface area is 160 Å². The van der Waals surface area contributed by atoms with Gasteiger partial charge in [0.1, 0.15) is 6.54 Å². The maximum atomic E-state index is 13.8. The monoisotopic (exact) mass is 389 g/mol. The number of hydrogen-bond acceptors (Lipinski definition) is 6. The molecule has 6 nitrogen and oxygen atoms in total. The van der Waals surface area contributed by atoms with Gasteiger partial charge >= 0.3 is 0 Å². The van der Waals surface area contributed by atoms with Gasteiger partial charge in [0.25, 0.3) is 5.91 Å². The molecule has 1 aromatic carbocycles. The largest absolute Gasteiger partial charge is 0.478 e. The average molecular weight is 389 g/mol. The maximum absolute atomic E-state index is 13.8. The molecule has 27 heavy (non-hydrogen) atoms. The zero-order chi connectivity index (χ0) is 19.2. The van der Waals surface area contributed by atoms with Crippen molar-refractivity contribution in [3.8, 4) is 16.5 Å². The fourth-order valence-electron chi connectivity index (χ4n) is 2.54. The standard InChI is InChI=1S/C19H20FN3O3S/c1-3-14(25-15-9-6-5-8-13(15)20)19(24)23(4-2)12-17-21-18(22-26-17)16-10-7-11-27-16/h5-11,14H,3-4,12H2,1-2H3/t14-/m0/s1. The molecule has 0 aliphatic carbocycles. The van der Waals surface area contributed by atoms with Crippen LogP contribution in [0.1, 0.15) is 26.2 Å². The van der Waals surface area contributed by atoms with Gasteiger partial charge in [-0.15, -0.1) is 11.3 Å². The summed E-state index contributed by atoms with van der Waals surface area (Å²) in [6.45, 7) is 4.28. The molecule has 1 amide bonds. The topological polar surface area (TPSA) is 68.5 Å². The molecule has 0 fully saturated rings. The Hall–Kier alpha value is -2.74. The van der Waals surface area contributed by atoms with E-state index < -0.39 is 11.9 Å². The van der Waals surface area contributed by atoms with Gasteiger partial charge in [0.05, 0.1) is 4.88 Å². The molecule has 0 aliphatic heterocycles. The highest BCUT2D eigenvalue weighted by molar-refractivity contribution is 7.13. The number of rotatable bonds is 8. The molecule has 3 rings (SSSR count). The molecule has 0 aliphatic rings. The molecule has 0 saturated carbocycles. The molecule has 0 unspecified atom stereocenters. The van der Waals surface area contributed by atoms with Gasteiger partial charge in [-0.3, -0.25) is 4.79 Å². The third-order valence-corrected chi connectivity index (χ3v) is 4.85. The summed E-state index contributed by atoms with van der Waals surface area (Å²) in [5.74, 6) is 0.155. The van der Waals surface area contributed by atoms with E-state index in [-0.39, 0.29) is 18.2 Å². The van der Waals surface area contributed by atoms with Crippen molar-refractivity contribution in [2.24, 2.45) is 0 Å². The van der Waals surface area contributed by atoms with E-state index in [1.807, 2.05) is 31.4 Å². The van der Waals surface area contributed by atoms with Crippen molar-refractivity contribution < 1.29 is 18.4 Å². The van der Waals surface area contributed by atoms with Gasteiger partial charge in [0, 0.05) is 6.54 Å². The van der Waals surface area contributed by atoms with E-state index in [1.54, 1.807) is 17.0 Å². The Morgan fingerprint density at radius 2 is 2.11 bits per heavy atom. The number of amides is 1. The first-order chi connectivity index (χ1) is 13.1. The Morgan fingerprint density at radius 3 is 2.78 bits per heavy atom. The summed E-state index contributed by atoms with van der Waals surface area (Å²) in [5, 5.41) is 5.88. The molecule has 0 N–H and O–H groups in total. The quantitative estimate of drug-likeness (QED) is 0.579. The van der Waals surface area contributed by atoms with Crippen LogP contribution in [0.3, 0.4) is 0 Å². The van der Waals surface area contributed by atoms with E-state index >= 15 is 0 Å². The summed E-state index contributed by atoms with van der Waals surface area (Å²) in [7, 11) is 0. The molecule has 0 spiro atoms. The van der Waals surface area contributed by atoms with Crippen LogP contribution in [-0.4, -0.2) is 33.6 Å². The number of halogens is 1. The first-order valence-corrected chi connectivity index (χ1v) is 9.56. The Kier molecular flexibility index (Phi) is 6.18. The molecule has 1 atom stereocenters. The van der Waals surface area contributed by atoms with Crippen molar-refractivity contribution >= 4 is 17.2 Å². The highest BCUT2D eigenvalue weighted by atomic mass is 32.1. The summed E-state index contributed by atoms with van der Waals surface area (Å²) in [6.07, 6.45) is -0.380. The number of nitrogens with zero attached hydrogens (tertiary/aromatic N) is 3. The number of benzene rings is 1. The molecular formula is C19H20FN3O3S. The molecule has 0 saturated heterocycles. The second-order valence-electron chi connectivity index (χ2n) is 5.79. The molecule has 0 bridgehead atoms. The Bertz CT molecular complexity index is 882. The summed E-state index contributed by atoms with van der Waals surface area (Å²) < 4.78 is 24.7. The van der Waals surface area contributed by atoms with Crippen molar-refractivity contribution in [3.63, 3.8) is 0 Å². The summed E-state index contributed by atoms with van der Waals surface area (Å²) in [4.78, 5) is 19.6. The second-order valence-corrected chi connectivity index (χ2v) is 6.73. The number of para-hydroxylation sites is 1. The van der Waals surface area contributed by atoms with Crippen LogP contribution >= 0.6 is 11.3 Å². The summed E-state index contributed by atoms with van der Waals surface area (Å²) in [6, 6.07) is 9.85. The van der Waals surface area contributed by atoms with Gasteiger partial charge in [-0.25, -0.2) is 4.39 Å². The Morgan fingerprint density at radius 1 is 1.30 bits per heavy atom. The summed E-state index contributed by atoms with van der Waals surface area (Å²) >= 11 is 1.51. The zero-order valence-corrected chi connectivity index (χ0v) is 15.9. The number of aromatic nitrogens is 2. The van der Waals surface area contributed by atoms with E-state index in [0.717, 1.165) is 4.88 Å². The summed E-state index contributed by atoms with van der Waals surface area (Å²) in [5.41, 5.74) is 0. The number of likely N-dealkylation sites (N-methyl/N-ethyl adjacent to an activating group) is 1. The van der Waals surface area contributed by atoms with E-state index in [9.17, 15) is 9.18 Å². The van der Waals surface area contributed by atoms with Crippen LogP contribution in [0.4, 0.5) is 4.39 Å². The molecule has 2 aromatic heterocycles. The average Bonchev–Trinajstić information content (AvgIpc) is 3.36. The van der Waals surface area contributed by atoms with Gasteiger partial charge in [0.2, 0.25) is 11.7 Å². The molecule has 0 radical (unpaired) electrons. The van der Waals surface area contributed by atoms with E-state index in [4.69, 9.17) is 9.26 Å². The fraction of sp³-hybridized carbons (Fsp3) is 0.316. The molecular weight excluding hydrogens is 369 g/mol. The minimum Gasteiger partial charge on any atom is -0.478 e. The van der Waals surface area contributed by atoms with Crippen LogP contribution in [0.5, 0.6) is 5.75 Å². The van der Waals surface area contributed by atoms with Crippen molar-refractivity contribution in [1.29, 1.82) is 0 Å². The third-order valence-electron chi connectivity index (χ3n) is 3.98. The lowest BCUT2D eigenvalue weighted by Crippen LogP contribution is -2.41. The molecule has 142 valence electrons. The second kappa shape index (κ2) is 8.77. The molecule has 8 heteroatoms. The molecule has 2 heterocycles. The van der Waals surface area contributed by atoms with E-state index in [2.05, 4.69) is 10.1 Å². The van der Waals surface area contributed by atoms with Gasteiger partial charge in [-0.2, -0.15) is 4.98 Å². The lowest BCUT2D eigenvalue weighted by molar-refractivity contribution is -0.139. The normalized spacial score (nSPS) is 12.0. The molecule has 3 aromatic rings. The van der Waals surface area contributed by atoms with Crippen molar-refractivity contribution in [3.05, 3.63) is 53.5 Å². The SMILES string of the molecule is CC[C@H](Oc1ccccc1F)C(=O)N(CC)Cc1nc(-c2cccs2)no1. The number of thiophene rings is 1. The Balaban J connectivity index is 1.70. The maximum Gasteiger partial charge on any atom is 0.264 e. The number of hydrogen-bond donors (Lipinski definition) is 0. The predicted molar refractivity (Wildman–Crippen MR) is 99.8 cm³/mol. The minimum absolute atomic E-state index is 0.0616. The van der Waals surface area contributed by atoms with E-state index in [1.165, 1.54) is 23.5 Å². The van der Waals surface area contributed by atoms with Crippen LogP contribution in [0, 0.1) is 5.82 Å². The lowest BCUT2D eigenvalue weighted by atomic mass is 10.2. The van der Waals surface area contributed by atoms with Crippen molar-refractivity contribution in [1.82, 2.24) is 15.0 Å². The van der Waals surface area contributed by atoms with E-state index in [0.29, 0.717) is 24.7 Å². The highest BCUT2D eigenvalue weighted by Crippen LogP contribution is 2.22. The predicted octanol–water partition coefficient (Wildman–Crippen LogP) is 4.14. The first kappa shape index (κ1) is 19.0. The van der Waals surface area contributed by atoms with Crippen molar-refractivity contribution in [2.45, 2.75) is 32.9 Å². The number of ether oxygens (including phenoxy) is 1. The van der Waals surface area contributed by atoms with Gasteiger partial charge in [0.15, 0.2) is 17.7 Å². The van der Waals surface area contributed by atoms with Crippen LogP contribution in [0.25, 0.3) is 10.7 Å². The van der Waals surface area contributed by atoms with Crippen molar-refractivity contribution in [2.75, 3.05) is 6.54 Å². The first-order valence-electron chi connectivity index (χ1n) is 8.68. The zero-order valence-electron chi connectivity index (χ0n) is 15.1. The van der Waals surface area contributed by atoms with Gasteiger partial charge in [-0.05, 0) is 36.9 Å².